The molecular weight excluding hydrogens is 338 g/mol. The van der Waals surface area contributed by atoms with Crippen LogP contribution < -0.4 is 10.2 Å². The van der Waals surface area contributed by atoms with Crippen LogP contribution in [0.3, 0.4) is 0 Å². The van der Waals surface area contributed by atoms with Crippen LogP contribution in [0.4, 0.5) is 10.5 Å². The lowest BCUT2D eigenvalue weighted by Gasteiger charge is -2.25. The first-order valence-corrected chi connectivity index (χ1v) is 9.65. The second-order valence-corrected chi connectivity index (χ2v) is 8.15. The summed E-state index contributed by atoms with van der Waals surface area (Å²) in [4.78, 5) is 41.8. The standard InChI is InChI=1S/C18H21N3O3S/c1-18(12-7-8-12)16(23)21(17(24)19-18)11-15(22)20-9-4-10-25-14-6-3-2-5-13(14)20/h2-3,5-6,12H,4,7-11H2,1H3,(H,19,24). The number of urea groups is 1. The number of fused-ring (bicyclic) bond motifs is 1. The third-order valence-electron chi connectivity index (χ3n) is 5.23. The van der Waals surface area contributed by atoms with Gasteiger partial charge in [-0.25, -0.2) is 4.79 Å². The molecule has 0 bridgehead atoms. The maximum absolute atomic E-state index is 12.9. The summed E-state index contributed by atoms with van der Waals surface area (Å²) < 4.78 is 0. The number of rotatable bonds is 3. The average Bonchev–Trinajstić information content (AvgIpc) is 3.42. The van der Waals surface area contributed by atoms with Gasteiger partial charge in [-0.15, -0.1) is 11.8 Å². The Morgan fingerprint density at radius 2 is 2.08 bits per heavy atom. The second-order valence-electron chi connectivity index (χ2n) is 7.01. The van der Waals surface area contributed by atoms with Crippen LogP contribution in [0.25, 0.3) is 0 Å². The summed E-state index contributed by atoms with van der Waals surface area (Å²) in [6.45, 7) is 2.17. The Morgan fingerprint density at radius 3 is 2.84 bits per heavy atom. The molecule has 4 amide bonds. The van der Waals surface area contributed by atoms with E-state index in [4.69, 9.17) is 0 Å². The van der Waals surface area contributed by atoms with E-state index in [-0.39, 0.29) is 24.3 Å². The summed E-state index contributed by atoms with van der Waals surface area (Å²) in [5, 5.41) is 2.79. The highest BCUT2D eigenvalue weighted by molar-refractivity contribution is 7.99. The zero-order valence-electron chi connectivity index (χ0n) is 14.2. The molecule has 1 N–H and O–H groups in total. The van der Waals surface area contributed by atoms with E-state index in [1.54, 1.807) is 23.6 Å². The molecule has 1 unspecified atom stereocenters. The zero-order valence-corrected chi connectivity index (χ0v) is 15.0. The highest BCUT2D eigenvalue weighted by atomic mass is 32.2. The highest BCUT2D eigenvalue weighted by Gasteiger charge is 2.56. The maximum atomic E-state index is 12.9. The lowest BCUT2D eigenvalue weighted by Crippen LogP contribution is -2.47. The molecule has 0 aromatic heterocycles. The molecule has 132 valence electrons. The molecule has 0 radical (unpaired) electrons. The fourth-order valence-corrected chi connectivity index (χ4v) is 4.60. The van der Waals surface area contributed by atoms with E-state index in [1.807, 2.05) is 24.3 Å². The second kappa shape index (κ2) is 6.05. The van der Waals surface area contributed by atoms with Crippen LogP contribution in [0.1, 0.15) is 26.2 Å². The first kappa shape index (κ1) is 16.4. The summed E-state index contributed by atoms with van der Waals surface area (Å²) in [5.41, 5.74) is 0.0243. The average molecular weight is 359 g/mol. The van der Waals surface area contributed by atoms with Crippen LogP contribution in [0.5, 0.6) is 0 Å². The summed E-state index contributed by atoms with van der Waals surface area (Å²) in [6, 6.07) is 7.33. The Kier molecular flexibility index (Phi) is 3.98. The maximum Gasteiger partial charge on any atom is 0.325 e. The number of hydrogen-bond acceptors (Lipinski definition) is 4. The van der Waals surface area contributed by atoms with Crippen molar-refractivity contribution in [2.75, 3.05) is 23.7 Å². The van der Waals surface area contributed by atoms with E-state index in [0.29, 0.717) is 6.54 Å². The van der Waals surface area contributed by atoms with Gasteiger partial charge in [0, 0.05) is 11.4 Å². The molecule has 3 aliphatic rings. The zero-order chi connectivity index (χ0) is 17.6. The molecule has 6 nitrogen and oxygen atoms in total. The molecule has 1 atom stereocenters. The number of nitrogens with one attached hydrogen (secondary N) is 1. The smallest absolute Gasteiger partial charge is 0.323 e. The molecule has 2 aliphatic heterocycles. The molecule has 0 spiro atoms. The number of nitrogens with zero attached hydrogens (tertiary/aromatic N) is 2. The molecule has 2 fully saturated rings. The van der Waals surface area contributed by atoms with Crippen molar-refractivity contribution in [1.29, 1.82) is 0 Å². The molecule has 1 aliphatic carbocycles. The number of amides is 4. The van der Waals surface area contributed by atoms with E-state index in [2.05, 4.69) is 5.32 Å². The van der Waals surface area contributed by atoms with Gasteiger partial charge in [-0.05, 0) is 50.0 Å². The number of para-hydroxylation sites is 1. The molecule has 4 rings (SSSR count). The normalized spacial score (nSPS) is 26.3. The van der Waals surface area contributed by atoms with E-state index in [9.17, 15) is 14.4 Å². The van der Waals surface area contributed by atoms with Gasteiger partial charge in [0.05, 0.1) is 5.69 Å². The van der Waals surface area contributed by atoms with Crippen LogP contribution in [-0.2, 0) is 9.59 Å². The third kappa shape index (κ3) is 2.80. The highest BCUT2D eigenvalue weighted by Crippen LogP contribution is 2.42. The minimum atomic E-state index is -0.843. The van der Waals surface area contributed by atoms with Crippen molar-refractivity contribution in [3.05, 3.63) is 24.3 Å². The monoisotopic (exact) mass is 359 g/mol. The van der Waals surface area contributed by atoms with Gasteiger partial charge < -0.3 is 10.2 Å². The van der Waals surface area contributed by atoms with Gasteiger partial charge in [0.1, 0.15) is 12.1 Å². The third-order valence-corrected chi connectivity index (χ3v) is 6.38. The van der Waals surface area contributed by atoms with E-state index in [0.717, 1.165) is 40.5 Å². The van der Waals surface area contributed by atoms with Crippen molar-refractivity contribution >= 4 is 35.3 Å². The van der Waals surface area contributed by atoms with Crippen molar-refractivity contribution < 1.29 is 14.4 Å². The van der Waals surface area contributed by atoms with Crippen molar-refractivity contribution in [2.24, 2.45) is 5.92 Å². The van der Waals surface area contributed by atoms with Crippen LogP contribution >= 0.6 is 11.8 Å². The minimum Gasteiger partial charge on any atom is -0.323 e. The van der Waals surface area contributed by atoms with Crippen LogP contribution in [0, 0.1) is 5.92 Å². The Morgan fingerprint density at radius 1 is 1.32 bits per heavy atom. The summed E-state index contributed by atoms with van der Waals surface area (Å²) in [7, 11) is 0. The van der Waals surface area contributed by atoms with Gasteiger partial charge >= 0.3 is 6.03 Å². The fourth-order valence-electron chi connectivity index (χ4n) is 3.60. The van der Waals surface area contributed by atoms with Gasteiger partial charge in [-0.3, -0.25) is 14.5 Å². The van der Waals surface area contributed by atoms with Gasteiger partial charge in [-0.1, -0.05) is 12.1 Å². The first-order valence-electron chi connectivity index (χ1n) is 8.67. The number of carbonyl (C=O) groups excluding carboxylic acids is 3. The molecule has 1 saturated heterocycles. The number of hydrogen-bond donors (Lipinski definition) is 1. The molecule has 2 heterocycles. The quantitative estimate of drug-likeness (QED) is 0.841. The molecule has 25 heavy (non-hydrogen) atoms. The summed E-state index contributed by atoms with van der Waals surface area (Å²) in [6.07, 6.45) is 2.77. The molecule has 7 heteroatoms. The van der Waals surface area contributed by atoms with Crippen molar-refractivity contribution in [2.45, 2.75) is 36.6 Å². The number of benzene rings is 1. The topological polar surface area (TPSA) is 69.7 Å². The predicted molar refractivity (Wildman–Crippen MR) is 95.5 cm³/mol. The Bertz CT molecular complexity index is 749. The van der Waals surface area contributed by atoms with Crippen LogP contribution in [-0.4, -0.2) is 47.1 Å². The number of thioether (sulfide) groups is 1. The van der Waals surface area contributed by atoms with Crippen LogP contribution in [0.15, 0.2) is 29.2 Å². The van der Waals surface area contributed by atoms with Gasteiger partial charge in [0.25, 0.3) is 5.91 Å². The van der Waals surface area contributed by atoms with E-state index in [1.165, 1.54) is 0 Å². The fraction of sp³-hybridized carbons (Fsp3) is 0.500. The lowest BCUT2D eigenvalue weighted by molar-refractivity contribution is -0.134. The number of carbonyl (C=O) groups is 3. The van der Waals surface area contributed by atoms with Crippen LogP contribution in [0.2, 0.25) is 0 Å². The van der Waals surface area contributed by atoms with Gasteiger partial charge in [0.15, 0.2) is 0 Å². The molecule has 1 saturated carbocycles. The number of imide groups is 1. The van der Waals surface area contributed by atoms with Crippen molar-refractivity contribution in [1.82, 2.24) is 10.2 Å². The predicted octanol–water partition coefficient (Wildman–Crippen LogP) is 2.24. The van der Waals surface area contributed by atoms with E-state index >= 15 is 0 Å². The largest absolute Gasteiger partial charge is 0.325 e. The first-order chi connectivity index (χ1) is 12.0. The Labute approximate surface area is 150 Å². The van der Waals surface area contributed by atoms with Gasteiger partial charge in [-0.2, -0.15) is 0 Å². The lowest BCUT2D eigenvalue weighted by atomic mass is 9.96. The summed E-state index contributed by atoms with van der Waals surface area (Å²) >= 11 is 1.73. The Hall–Kier alpha value is -2.02. The van der Waals surface area contributed by atoms with Crippen molar-refractivity contribution in [3.8, 4) is 0 Å². The van der Waals surface area contributed by atoms with Crippen molar-refractivity contribution in [3.63, 3.8) is 0 Å². The van der Waals surface area contributed by atoms with E-state index < -0.39 is 11.6 Å². The number of anilines is 1. The summed E-state index contributed by atoms with van der Waals surface area (Å²) in [5.74, 6) is 0.660. The molecule has 1 aromatic carbocycles. The molecular formula is C18H21N3O3S. The molecule has 1 aromatic rings. The van der Waals surface area contributed by atoms with Gasteiger partial charge in [0.2, 0.25) is 5.91 Å². The minimum absolute atomic E-state index is 0.194. The Balaban J connectivity index is 1.54. The SMILES string of the molecule is CC1(C2CC2)NC(=O)N(CC(=O)N2CCCSc3ccccc32)C1=O.